The Kier molecular flexibility index (Phi) is 4.52. The van der Waals surface area contributed by atoms with Gasteiger partial charge in [-0.05, 0) is 38.7 Å². The lowest BCUT2D eigenvalue weighted by atomic mass is 9.66. The van der Waals surface area contributed by atoms with E-state index >= 15 is 0 Å². The zero-order valence-corrected chi connectivity index (χ0v) is 10.9. The molecule has 16 heavy (non-hydrogen) atoms. The molecule has 90 valence electrons. The van der Waals surface area contributed by atoms with E-state index in [9.17, 15) is 4.79 Å². The Morgan fingerprint density at radius 2 is 1.81 bits per heavy atom. The maximum absolute atomic E-state index is 11.1. The molecule has 0 radical (unpaired) electrons. The van der Waals surface area contributed by atoms with E-state index in [2.05, 4.69) is 26.5 Å². The average molecular weight is 220 g/mol. The average Bonchev–Trinajstić information content (AvgIpc) is 2.26. The highest BCUT2D eigenvalue weighted by molar-refractivity contribution is 5.87. The van der Waals surface area contributed by atoms with Gasteiger partial charge in [0.2, 0.25) is 0 Å². The highest BCUT2D eigenvalue weighted by Gasteiger charge is 2.33. The van der Waals surface area contributed by atoms with E-state index in [0.717, 1.165) is 0 Å². The minimum atomic E-state index is 0.00604. The van der Waals surface area contributed by atoms with Gasteiger partial charge in [0.15, 0.2) is 5.78 Å². The number of carbonyl (C=O) groups is 1. The van der Waals surface area contributed by atoms with Crippen LogP contribution in [0.5, 0.6) is 0 Å². The highest BCUT2D eigenvalue weighted by atomic mass is 16.1. The van der Waals surface area contributed by atoms with Gasteiger partial charge in [0.25, 0.3) is 0 Å². The lowest BCUT2D eigenvalue weighted by molar-refractivity contribution is -0.112. The molecule has 0 heterocycles. The van der Waals surface area contributed by atoms with Crippen molar-refractivity contribution in [2.75, 3.05) is 0 Å². The SMILES string of the molecule is C=C(C)C(C)(C=CC(C)=O)C1CCCCC1. The summed E-state index contributed by atoms with van der Waals surface area (Å²) in [6.07, 6.45) is 10.3. The van der Waals surface area contributed by atoms with E-state index < -0.39 is 0 Å². The van der Waals surface area contributed by atoms with Crippen LogP contribution in [0, 0.1) is 11.3 Å². The smallest absolute Gasteiger partial charge is 0.152 e. The van der Waals surface area contributed by atoms with E-state index in [1.807, 2.05) is 0 Å². The van der Waals surface area contributed by atoms with Crippen molar-refractivity contribution in [3.63, 3.8) is 0 Å². The second-order valence-electron chi connectivity index (χ2n) is 5.34. The van der Waals surface area contributed by atoms with E-state index in [0.29, 0.717) is 5.92 Å². The number of hydrogen-bond acceptors (Lipinski definition) is 1. The lowest BCUT2D eigenvalue weighted by Gasteiger charge is -2.38. The van der Waals surface area contributed by atoms with E-state index in [1.165, 1.54) is 37.7 Å². The number of ketones is 1. The molecule has 0 bridgehead atoms. The van der Waals surface area contributed by atoms with Crippen LogP contribution >= 0.6 is 0 Å². The van der Waals surface area contributed by atoms with Crippen LogP contribution in [0.4, 0.5) is 0 Å². The fourth-order valence-electron chi connectivity index (χ4n) is 2.62. The maximum Gasteiger partial charge on any atom is 0.152 e. The van der Waals surface area contributed by atoms with Gasteiger partial charge in [-0.15, -0.1) is 0 Å². The van der Waals surface area contributed by atoms with Gasteiger partial charge < -0.3 is 0 Å². The summed E-state index contributed by atoms with van der Waals surface area (Å²) in [4.78, 5) is 11.1. The number of rotatable bonds is 4. The predicted octanol–water partition coefficient (Wildman–Crippen LogP) is 4.29. The third-order valence-electron chi connectivity index (χ3n) is 4.04. The minimum absolute atomic E-state index is 0.00604. The van der Waals surface area contributed by atoms with Crippen molar-refractivity contribution in [3.05, 3.63) is 24.3 Å². The molecule has 0 aromatic carbocycles. The molecule has 0 aliphatic heterocycles. The van der Waals surface area contributed by atoms with Gasteiger partial charge in [-0.3, -0.25) is 4.79 Å². The van der Waals surface area contributed by atoms with Crippen molar-refractivity contribution in [1.82, 2.24) is 0 Å². The quantitative estimate of drug-likeness (QED) is 0.510. The summed E-state index contributed by atoms with van der Waals surface area (Å²) in [6.45, 7) is 10.0. The molecule has 0 aromatic rings. The molecule has 1 atom stereocenters. The fraction of sp³-hybridized carbons (Fsp3) is 0.667. The Hall–Kier alpha value is -0.850. The van der Waals surface area contributed by atoms with Crippen LogP contribution in [0.3, 0.4) is 0 Å². The first-order chi connectivity index (χ1) is 7.47. The van der Waals surface area contributed by atoms with Gasteiger partial charge in [-0.1, -0.05) is 44.4 Å². The van der Waals surface area contributed by atoms with Crippen LogP contribution in [-0.4, -0.2) is 5.78 Å². The van der Waals surface area contributed by atoms with Crippen LogP contribution < -0.4 is 0 Å². The molecule has 1 nitrogen and oxygen atoms in total. The van der Waals surface area contributed by atoms with Gasteiger partial charge >= 0.3 is 0 Å². The summed E-state index contributed by atoms with van der Waals surface area (Å²) in [7, 11) is 0. The summed E-state index contributed by atoms with van der Waals surface area (Å²) in [6, 6.07) is 0. The summed E-state index contributed by atoms with van der Waals surface area (Å²) in [5, 5.41) is 0. The molecule has 0 N–H and O–H groups in total. The lowest BCUT2D eigenvalue weighted by Crippen LogP contribution is -2.28. The summed E-state index contributed by atoms with van der Waals surface area (Å²) in [5.74, 6) is 0.789. The maximum atomic E-state index is 11.1. The Bertz CT molecular complexity index is 295. The van der Waals surface area contributed by atoms with Crippen molar-refractivity contribution in [1.29, 1.82) is 0 Å². The molecule has 0 amide bonds. The third-order valence-corrected chi connectivity index (χ3v) is 4.04. The van der Waals surface area contributed by atoms with Gasteiger partial charge in [-0.2, -0.15) is 0 Å². The highest BCUT2D eigenvalue weighted by Crippen LogP contribution is 2.43. The van der Waals surface area contributed by atoms with Gasteiger partial charge in [0.05, 0.1) is 0 Å². The minimum Gasteiger partial charge on any atom is -0.295 e. The molecule has 1 unspecified atom stereocenters. The molecule has 1 fully saturated rings. The second-order valence-corrected chi connectivity index (χ2v) is 5.34. The first kappa shape index (κ1) is 13.2. The largest absolute Gasteiger partial charge is 0.295 e. The van der Waals surface area contributed by atoms with E-state index in [4.69, 9.17) is 0 Å². The van der Waals surface area contributed by atoms with Crippen molar-refractivity contribution >= 4 is 5.78 Å². The molecule has 1 aliphatic rings. The second kappa shape index (κ2) is 5.47. The zero-order valence-electron chi connectivity index (χ0n) is 10.9. The molecule has 0 aromatic heterocycles. The van der Waals surface area contributed by atoms with Crippen LogP contribution in [-0.2, 0) is 4.79 Å². The molecule has 1 heteroatoms. The molecule has 0 spiro atoms. The van der Waals surface area contributed by atoms with Crippen molar-refractivity contribution in [3.8, 4) is 0 Å². The fourth-order valence-corrected chi connectivity index (χ4v) is 2.62. The zero-order chi connectivity index (χ0) is 12.2. The Balaban J connectivity index is 2.86. The standard InChI is InChI=1S/C15H24O/c1-12(2)15(4,11-10-13(3)16)14-8-6-5-7-9-14/h10-11,14H,1,5-9H2,2-4H3. The van der Waals surface area contributed by atoms with E-state index in [-0.39, 0.29) is 11.2 Å². The first-order valence-electron chi connectivity index (χ1n) is 6.32. The van der Waals surface area contributed by atoms with E-state index in [1.54, 1.807) is 13.0 Å². The summed E-state index contributed by atoms with van der Waals surface area (Å²) in [5.41, 5.74) is 1.18. The Morgan fingerprint density at radius 1 is 1.25 bits per heavy atom. The molecule has 1 saturated carbocycles. The van der Waals surface area contributed by atoms with Gasteiger partial charge in [0.1, 0.15) is 0 Å². The summed E-state index contributed by atoms with van der Waals surface area (Å²) < 4.78 is 0. The molecular formula is C15H24O. The molecule has 0 saturated heterocycles. The molecular weight excluding hydrogens is 196 g/mol. The first-order valence-corrected chi connectivity index (χ1v) is 6.32. The molecule has 1 aliphatic carbocycles. The van der Waals surface area contributed by atoms with Crippen LogP contribution in [0.15, 0.2) is 24.3 Å². The predicted molar refractivity (Wildman–Crippen MR) is 69.3 cm³/mol. The van der Waals surface area contributed by atoms with Crippen molar-refractivity contribution in [2.45, 2.75) is 52.9 Å². The Labute approximate surface area is 99.6 Å². The van der Waals surface area contributed by atoms with Crippen molar-refractivity contribution < 1.29 is 4.79 Å². The summed E-state index contributed by atoms with van der Waals surface area (Å²) >= 11 is 0. The normalized spacial score (nSPS) is 21.9. The number of carbonyl (C=O) groups excluding carboxylic acids is 1. The number of hydrogen-bond donors (Lipinski definition) is 0. The third kappa shape index (κ3) is 3.07. The van der Waals surface area contributed by atoms with Crippen LogP contribution in [0.1, 0.15) is 52.9 Å². The number of allylic oxidation sites excluding steroid dienone is 3. The monoisotopic (exact) mass is 220 g/mol. The topological polar surface area (TPSA) is 17.1 Å². The van der Waals surface area contributed by atoms with Crippen molar-refractivity contribution in [2.24, 2.45) is 11.3 Å². The Morgan fingerprint density at radius 3 is 2.25 bits per heavy atom. The molecule has 1 rings (SSSR count). The van der Waals surface area contributed by atoms with Crippen LogP contribution in [0.25, 0.3) is 0 Å². The van der Waals surface area contributed by atoms with Gasteiger partial charge in [0, 0.05) is 5.41 Å². The van der Waals surface area contributed by atoms with Gasteiger partial charge in [-0.25, -0.2) is 0 Å². The van der Waals surface area contributed by atoms with Crippen LogP contribution in [0.2, 0.25) is 0 Å².